The zero-order chi connectivity index (χ0) is 24.6. The van der Waals surface area contributed by atoms with Gasteiger partial charge in [-0.05, 0) is 92.9 Å². The Bertz CT molecular complexity index is 1440. The van der Waals surface area contributed by atoms with Crippen LogP contribution in [0.15, 0.2) is 63.0 Å². The highest BCUT2D eigenvalue weighted by Crippen LogP contribution is 2.32. The molecule has 0 saturated heterocycles. The van der Waals surface area contributed by atoms with Crippen LogP contribution in [0, 0.1) is 6.92 Å². The van der Waals surface area contributed by atoms with Crippen molar-refractivity contribution in [1.29, 1.82) is 0 Å². The molecule has 0 saturated carbocycles. The van der Waals surface area contributed by atoms with E-state index in [2.05, 4.69) is 47.5 Å². The van der Waals surface area contributed by atoms with Crippen LogP contribution in [-0.4, -0.2) is 16.8 Å². The third-order valence-corrected chi connectivity index (χ3v) is 7.01. The molecule has 174 valence electrons. The van der Waals surface area contributed by atoms with Crippen molar-refractivity contribution in [3.63, 3.8) is 0 Å². The fraction of sp³-hybridized carbons (Fsp3) is 0.0870. The maximum Gasteiger partial charge on any atom is 0.416 e. The lowest BCUT2D eigenvalue weighted by molar-refractivity contribution is -0.137. The van der Waals surface area contributed by atoms with E-state index in [1.807, 2.05) is 0 Å². The highest BCUT2D eigenvalue weighted by molar-refractivity contribution is 9.11. The van der Waals surface area contributed by atoms with Crippen molar-refractivity contribution in [2.24, 2.45) is 0 Å². The van der Waals surface area contributed by atoms with E-state index < -0.39 is 17.6 Å². The number of nitrogens with zero attached hydrogens (tertiary/aromatic N) is 1. The molecule has 4 aromatic rings. The minimum Gasteiger partial charge on any atom is -0.322 e. The molecule has 0 spiro atoms. The molecule has 0 aliphatic carbocycles. The van der Waals surface area contributed by atoms with Gasteiger partial charge in [-0.1, -0.05) is 6.07 Å². The normalized spacial score (nSPS) is 11.5. The van der Waals surface area contributed by atoms with Gasteiger partial charge in [0.05, 0.1) is 21.5 Å². The highest BCUT2D eigenvalue weighted by Gasteiger charge is 2.31. The summed E-state index contributed by atoms with van der Waals surface area (Å²) < 4.78 is 41.0. The Kier molecular flexibility index (Phi) is 6.79. The third kappa shape index (κ3) is 5.31. The largest absolute Gasteiger partial charge is 0.416 e. The molecule has 0 bridgehead atoms. The number of aromatic nitrogens is 1. The number of alkyl halides is 3. The molecule has 0 unspecified atom stereocenters. The van der Waals surface area contributed by atoms with Crippen LogP contribution >= 0.6 is 43.2 Å². The van der Waals surface area contributed by atoms with Crippen molar-refractivity contribution < 1.29 is 22.8 Å². The summed E-state index contributed by atoms with van der Waals surface area (Å²) in [7, 11) is 0. The minimum absolute atomic E-state index is 0.142. The first-order valence-electron chi connectivity index (χ1n) is 9.67. The lowest BCUT2D eigenvalue weighted by Gasteiger charge is -2.14. The number of nitrogens with one attached hydrogen (secondary N) is 2. The van der Waals surface area contributed by atoms with Crippen LogP contribution in [0.2, 0.25) is 0 Å². The van der Waals surface area contributed by atoms with Gasteiger partial charge in [0, 0.05) is 21.3 Å². The predicted octanol–water partition coefficient (Wildman–Crippen LogP) is 7.65. The first kappa shape index (κ1) is 24.4. The maximum atomic E-state index is 13.0. The summed E-state index contributed by atoms with van der Waals surface area (Å²) in [4.78, 5) is 29.8. The summed E-state index contributed by atoms with van der Waals surface area (Å²) in [6.45, 7) is 1.78. The first-order valence-corrected chi connectivity index (χ1v) is 12.1. The zero-order valence-electron chi connectivity index (χ0n) is 17.3. The van der Waals surface area contributed by atoms with Gasteiger partial charge in [0.2, 0.25) is 0 Å². The van der Waals surface area contributed by atoms with E-state index in [-0.39, 0.29) is 11.5 Å². The van der Waals surface area contributed by atoms with Crippen molar-refractivity contribution in [3.05, 3.63) is 85.2 Å². The molecule has 2 N–H and O–H groups in total. The fourth-order valence-electron chi connectivity index (χ4n) is 3.17. The second-order valence-electron chi connectivity index (χ2n) is 7.28. The topological polar surface area (TPSA) is 71.1 Å². The Morgan fingerprint density at radius 1 is 0.912 bits per heavy atom. The van der Waals surface area contributed by atoms with E-state index in [0.717, 1.165) is 27.9 Å². The van der Waals surface area contributed by atoms with Gasteiger partial charge in [0.15, 0.2) is 3.92 Å². The average molecular weight is 613 g/mol. The number of carbonyl (C=O) groups excluding carboxylic acids is 2. The zero-order valence-corrected chi connectivity index (χ0v) is 21.2. The van der Waals surface area contributed by atoms with Gasteiger partial charge >= 0.3 is 6.18 Å². The van der Waals surface area contributed by atoms with Crippen LogP contribution in [0.4, 0.5) is 24.5 Å². The van der Waals surface area contributed by atoms with E-state index in [1.54, 1.807) is 37.3 Å². The molecule has 0 aliphatic heterocycles. The molecule has 1 heterocycles. The van der Waals surface area contributed by atoms with Crippen molar-refractivity contribution in [2.45, 2.75) is 13.1 Å². The lowest BCUT2D eigenvalue weighted by Crippen LogP contribution is -2.16. The summed E-state index contributed by atoms with van der Waals surface area (Å²) >= 11 is 8.08. The Balaban J connectivity index is 1.57. The number of benzene rings is 3. The van der Waals surface area contributed by atoms with E-state index in [9.17, 15) is 22.8 Å². The van der Waals surface area contributed by atoms with Crippen molar-refractivity contribution in [1.82, 2.24) is 4.98 Å². The van der Waals surface area contributed by atoms with Crippen LogP contribution in [0.5, 0.6) is 0 Å². The molecule has 0 atom stereocenters. The molecule has 0 aliphatic rings. The Morgan fingerprint density at radius 3 is 2.29 bits per heavy atom. The lowest BCUT2D eigenvalue weighted by atomic mass is 10.1. The second kappa shape index (κ2) is 9.47. The molecule has 5 nitrogen and oxygen atoms in total. The van der Waals surface area contributed by atoms with E-state index >= 15 is 0 Å². The molecule has 1 aromatic heterocycles. The number of rotatable bonds is 4. The quantitative estimate of drug-likeness (QED) is 0.249. The van der Waals surface area contributed by atoms with Crippen LogP contribution in [0.25, 0.3) is 10.2 Å². The molecule has 2 amide bonds. The van der Waals surface area contributed by atoms with Crippen molar-refractivity contribution in [3.8, 4) is 0 Å². The Labute approximate surface area is 212 Å². The standard InChI is InChI=1S/C23H14Br2F3N3O2S/c1-11-7-15(24)18(30-20(32)12-3-2-4-14(8-12)23(26,27)28)10-17(11)29-21(33)13-5-6-16-19(9-13)34-22(25)31-16/h2-10H,1H3,(H,29,33)(H,30,32). The van der Waals surface area contributed by atoms with Gasteiger partial charge in [0.25, 0.3) is 11.8 Å². The highest BCUT2D eigenvalue weighted by atomic mass is 79.9. The molecular formula is C23H14Br2F3N3O2S. The molecular weight excluding hydrogens is 599 g/mol. The van der Waals surface area contributed by atoms with E-state index in [1.165, 1.54) is 23.5 Å². The first-order chi connectivity index (χ1) is 16.0. The molecule has 4 rings (SSSR count). The summed E-state index contributed by atoms with van der Waals surface area (Å²) in [6.07, 6.45) is -4.56. The van der Waals surface area contributed by atoms with Gasteiger partial charge in [-0.3, -0.25) is 9.59 Å². The Morgan fingerprint density at radius 2 is 1.59 bits per heavy atom. The number of carbonyl (C=O) groups is 2. The van der Waals surface area contributed by atoms with Gasteiger partial charge < -0.3 is 10.6 Å². The molecule has 34 heavy (non-hydrogen) atoms. The number of halogens is 5. The Hall–Kier alpha value is -2.76. The SMILES string of the molecule is Cc1cc(Br)c(NC(=O)c2cccc(C(F)(F)F)c2)cc1NC(=O)c1ccc2nc(Br)sc2c1. The van der Waals surface area contributed by atoms with Gasteiger partial charge in [-0.15, -0.1) is 11.3 Å². The van der Waals surface area contributed by atoms with Crippen molar-refractivity contribution in [2.75, 3.05) is 10.6 Å². The van der Waals surface area contributed by atoms with Crippen LogP contribution in [0.1, 0.15) is 31.8 Å². The summed E-state index contributed by atoms with van der Waals surface area (Å²) in [5.74, 6) is -1.07. The number of hydrogen-bond donors (Lipinski definition) is 2. The molecule has 3 aromatic carbocycles. The summed E-state index contributed by atoms with van der Waals surface area (Å²) in [5.41, 5.74) is 1.61. The van der Waals surface area contributed by atoms with Crippen LogP contribution < -0.4 is 10.6 Å². The third-order valence-electron chi connectivity index (χ3n) is 4.89. The smallest absolute Gasteiger partial charge is 0.322 e. The predicted molar refractivity (Wildman–Crippen MR) is 134 cm³/mol. The molecule has 0 radical (unpaired) electrons. The van der Waals surface area contributed by atoms with Crippen molar-refractivity contribution >= 4 is 76.6 Å². The molecule has 11 heteroatoms. The summed E-state index contributed by atoms with van der Waals surface area (Å²) in [5, 5.41) is 5.42. The summed E-state index contributed by atoms with van der Waals surface area (Å²) in [6, 6.07) is 12.5. The monoisotopic (exact) mass is 611 g/mol. The second-order valence-corrected chi connectivity index (χ2v) is 10.4. The van der Waals surface area contributed by atoms with Crippen LogP contribution in [-0.2, 0) is 6.18 Å². The fourth-order valence-corrected chi connectivity index (χ4v) is 5.17. The average Bonchev–Trinajstić information content (AvgIpc) is 3.15. The number of fused-ring (bicyclic) bond motifs is 1. The molecule has 0 fully saturated rings. The van der Waals surface area contributed by atoms with Crippen LogP contribution in [0.3, 0.4) is 0 Å². The van der Waals surface area contributed by atoms with Gasteiger partial charge in [0.1, 0.15) is 0 Å². The number of anilines is 2. The van der Waals surface area contributed by atoms with Gasteiger partial charge in [-0.25, -0.2) is 4.98 Å². The number of aryl methyl sites for hydroxylation is 1. The van der Waals surface area contributed by atoms with E-state index in [4.69, 9.17) is 0 Å². The van der Waals surface area contributed by atoms with E-state index in [0.29, 0.717) is 25.3 Å². The minimum atomic E-state index is -4.56. The number of amides is 2. The maximum absolute atomic E-state index is 13.0. The van der Waals surface area contributed by atoms with Gasteiger partial charge in [-0.2, -0.15) is 13.2 Å². The number of thiazole rings is 1. The number of hydrogen-bond acceptors (Lipinski definition) is 4.